The van der Waals surface area contributed by atoms with Crippen LogP contribution in [0, 0.1) is 17.2 Å². The van der Waals surface area contributed by atoms with Crippen LogP contribution in [0.15, 0.2) is 24.3 Å². The summed E-state index contributed by atoms with van der Waals surface area (Å²) >= 11 is 0. The standard InChI is InChI=1S/C12H14FNO/c1-12(2)9(10(12)11(14)15)7-5-3-4-6-8(7)13/h3-6,9-10H,1-2H3,(H2,14,15). The minimum absolute atomic E-state index is 0.0730. The molecule has 3 heteroatoms. The number of carbonyl (C=O) groups excluding carboxylic acids is 1. The zero-order chi connectivity index (χ0) is 11.2. The quantitative estimate of drug-likeness (QED) is 0.792. The van der Waals surface area contributed by atoms with Crippen molar-refractivity contribution < 1.29 is 9.18 Å². The van der Waals surface area contributed by atoms with Crippen molar-refractivity contribution in [3.8, 4) is 0 Å². The largest absolute Gasteiger partial charge is 0.369 e. The Kier molecular flexibility index (Phi) is 2.07. The molecule has 1 saturated carbocycles. The normalized spacial score (nSPS) is 27.4. The van der Waals surface area contributed by atoms with Crippen LogP contribution in [0.2, 0.25) is 0 Å². The molecule has 1 aromatic rings. The topological polar surface area (TPSA) is 43.1 Å². The maximum Gasteiger partial charge on any atom is 0.221 e. The molecular weight excluding hydrogens is 193 g/mol. The van der Waals surface area contributed by atoms with Crippen LogP contribution >= 0.6 is 0 Å². The third-order valence-corrected chi connectivity index (χ3v) is 3.37. The van der Waals surface area contributed by atoms with Gasteiger partial charge in [-0.15, -0.1) is 0 Å². The smallest absolute Gasteiger partial charge is 0.221 e. The molecule has 0 heterocycles. The Morgan fingerprint density at radius 1 is 1.40 bits per heavy atom. The highest BCUT2D eigenvalue weighted by Gasteiger charge is 2.62. The molecule has 0 radical (unpaired) electrons. The molecule has 2 rings (SSSR count). The van der Waals surface area contributed by atoms with E-state index < -0.39 is 0 Å². The summed E-state index contributed by atoms with van der Waals surface area (Å²) in [4.78, 5) is 11.2. The number of halogens is 1. The Morgan fingerprint density at radius 3 is 2.47 bits per heavy atom. The fraction of sp³-hybridized carbons (Fsp3) is 0.417. The van der Waals surface area contributed by atoms with Gasteiger partial charge in [0, 0.05) is 5.92 Å². The van der Waals surface area contributed by atoms with Crippen molar-refractivity contribution in [3.05, 3.63) is 35.6 Å². The van der Waals surface area contributed by atoms with E-state index in [1.165, 1.54) is 6.07 Å². The van der Waals surface area contributed by atoms with Gasteiger partial charge in [-0.2, -0.15) is 0 Å². The molecule has 2 N–H and O–H groups in total. The van der Waals surface area contributed by atoms with E-state index in [4.69, 9.17) is 5.73 Å². The van der Waals surface area contributed by atoms with E-state index in [-0.39, 0.29) is 29.0 Å². The predicted octanol–water partition coefficient (Wildman–Crippen LogP) is 2.05. The minimum atomic E-state index is -0.340. The van der Waals surface area contributed by atoms with E-state index in [1.54, 1.807) is 18.2 Å². The lowest BCUT2D eigenvalue weighted by molar-refractivity contribution is -0.119. The molecule has 0 spiro atoms. The molecule has 1 aliphatic rings. The van der Waals surface area contributed by atoms with Gasteiger partial charge in [-0.3, -0.25) is 4.79 Å². The molecule has 80 valence electrons. The molecule has 0 aliphatic heterocycles. The molecule has 2 unspecified atom stereocenters. The van der Waals surface area contributed by atoms with Gasteiger partial charge in [-0.25, -0.2) is 4.39 Å². The van der Waals surface area contributed by atoms with Gasteiger partial charge in [0.1, 0.15) is 5.82 Å². The molecule has 1 aliphatic carbocycles. The van der Waals surface area contributed by atoms with E-state index >= 15 is 0 Å². The highest BCUT2D eigenvalue weighted by molar-refractivity contribution is 5.83. The average Bonchev–Trinajstić information content (AvgIpc) is 2.70. The monoisotopic (exact) mass is 207 g/mol. The number of hydrogen-bond acceptors (Lipinski definition) is 1. The number of hydrogen-bond donors (Lipinski definition) is 1. The molecule has 1 amide bonds. The van der Waals surface area contributed by atoms with Crippen LogP contribution in [0.25, 0.3) is 0 Å². The highest BCUT2D eigenvalue weighted by Crippen LogP contribution is 2.64. The minimum Gasteiger partial charge on any atom is -0.369 e. The number of rotatable bonds is 2. The molecule has 15 heavy (non-hydrogen) atoms. The Balaban J connectivity index is 2.36. The molecule has 2 nitrogen and oxygen atoms in total. The van der Waals surface area contributed by atoms with Crippen LogP contribution in [0.5, 0.6) is 0 Å². The zero-order valence-electron chi connectivity index (χ0n) is 8.83. The fourth-order valence-electron chi connectivity index (χ4n) is 2.48. The van der Waals surface area contributed by atoms with Crippen molar-refractivity contribution in [2.24, 2.45) is 17.1 Å². The van der Waals surface area contributed by atoms with Crippen LogP contribution in [-0.2, 0) is 4.79 Å². The van der Waals surface area contributed by atoms with Crippen molar-refractivity contribution in [1.29, 1.82) is 0 Å². The molecule has 2 atom stereocenters. The summed E-state index contributed by atoms with van der Waals surface area (Å²) in [6, 6.07) is 6.57. The summed E-state index contributed by atoms with van der Waals surface area (Å²) in [7, 11) is 0. The fourth-order valence-corrected chi connectivity index (χ4v) is 2.48. The first-order valence-electron chi connectivity index (χ1n) is 5.00. The Morgan fingerprint density at radius 2 is 2.00 bits per heavy atom. The third kappa shape index (κ3) is 1.42. The average molecular weight is 207 g/mol. The number of nitrogens with two attached hydrogens (primary N) is 1. The molecule has 0 saturated heterocycles. The van der Waals surface area contributed by atoms with Crippen LogP contribution in [0.4, 0.5) is 4.39 Å². The lowest BCUT2D eigenvalue weighted by Crippen LogP contribution is -2.16. The summed E-state index contributed by atoms with van der Waals surface area (Å²) in [6.07, 6.45) is 0. The van der Waals surface area contributed by atoms with Gasteiger partial charge < -0.3 is 5.73 Å². The van der Waals surface area contributed by atoms with Gasteiger partial charge in [0.15, 0.2) is 0 Å². The lowest BCUT2D eigenvalue weighted by Gasteiger charge is -2.03. The number of amides is 1. The molecular formula is C12H14FNO. The van der Waals surface area contributed by atoms with Crippen molar-refractivity contribution in [2.75, 3.05) is 0 Å². The second-order valence-electron chi connectivity index (χ2n) is 4.70. The van der Waals surface area contributed by atoms with Gasteiger partial charge in [-0.05, 0) is 17.0 Å². The summed E-state index contributed by atoms with van der Waals surface area (Å²) < 4.78 is 13.5. The molecule has 1 aromatic carbocycles. The van der Waals surface area contributed by atoms with Gasteiger partial charge in [0.2, 0.25) is 5.91 Å². The maximum atomic E-state index is 13.5. The first-order valence-corrected chi connectivity index (χ1v) is 5.00. The van der Waals surface area contributed by atoms with E-state index in [9.17, 15) is 9.18 Å². The van der Waals surface area contributed by atoms with Gasteiger partial charge in [-0.1, -0.05) is 32.0 Å². The summed E-state index contributed by atoms with van der Waals surface area (Å²) in [5.74, 6) is -0.904. The summed E-state index contributed by atoms with van der Waals surface area (Å²) in [5.41, 5.74) is 5.68. The van der Waals surface area contributed by atoms with Crippen molar-refractivity contribution in [2.45, 2.75) is 19.8 Å². The van der Waals surface area contributed by atoms with Gasteiger partial charge in [0.25, 0.3) is 0 Å². The lowest BCUT2D eigenvalue weighted by atomic mass is 10.0. The SMILES string of the molecule is CC1(C)C(C(N)=O)C1c1ccccc1F. The number of primary amides is 1. The van der Waals surface area contributed by atoms with Crippen LogP contribution in [-0.4, -0.2) is 5.91 Å². The molecule has 0 aromatic heterocycles. The highest BCUT2D eigenvalue weighted by atomic mass is 19.1. The Hall–Kier alpha value is -1.38. The summed E-state index contributed by atoms with van der Waals surface area (Å²) in [5, 5.41) is 0. The molecule has 1 fully saturated rings. The van der Waals surface area contributed by atoms with Crippen LogP contribution in [0.1, 0.15) is 25.3 Å². The Bertz CT molecular complexity index is 414. The van der Waals surface area contributed by atoms with Crippen LogP contribution < -0.4 is 5.73 Å². The van der Waals surface area contributed by atoms with Crippen molar-refractivity contribution in [1.82, 2.24) is 0 Å². The molecule has 0 bridgehead atoms. The first-order chi connectivity index (χ1) is 6.96. The second-order valence-corrected chi connectivity index (χ2v) is 4.70. The van der Waals surface area contributed by atoms with E-state index in [2.05, 4.69) is 0 Å². The van der Waals surface area contributed by atoms with E-state index in [0.29, 0.717) is 5.56 Å². The van der Waals surface area contributed by atoms with E-state index in [0.717, 1.165) is 0 Å². The first kappa shape index (κ1) is 10.1. The van der Waals surface area contributed by atoms with Crippen LogP contribution in [0.3, 0.4) is 0 Å². The van der Waals surface area contributed by atoms with Crippen molar-refractivity contribution in [3.63, 3.8) is 0 Å². The second kappa shape index (κ2) is 3.05. The number of carbonyl (C=O) groups is 1. The summed E-state index contributed by atoms with van der Waals surface area (Å²) in [6.45, 7) is 3.89. The predicted molar refractivity (Wildman–Crippen MR) is 55.6 cm³/mol. The Labute approximate surface area is 88.3 Å². The van der Waals surface area contributed by atoms with Gasteiger partial charge in [0.05, 0.1) is 5.92 Å². The zero-order valence-corrected chi connectivity index (χ0v) is 8.83. The number of benzene rings is 1. The third-order valence-electron chi connectivity index (χ3n) is 3.37. The van der Waals surface area contributed by atoms with Gasteiger partial charge >= 0.3 is 0 Å². The van der Waals surface area contributed by atoms with Crippen molar-refractivity contribution >= 4 is 5.91 Å². The maximum absolute atomic E-state index is 13.5. The van der Waals surface area contributed by atoms with E-state index in [1.807, 2.05) is 13.8 Å².